The van der Waals surface area contributed by atoms with Gasteiger partial charge in [-0.25, -0.2) is 10.4 Å². The molecule has 9 nitrogen and oxygen atoms in total. The van der Waals surface area contributed by atoms with Gasteiger partial charge in [-0.2, -0.15) is 5.10 Å². The molecule has 0 bridgehead atoms. The van der Waals surface area contributed by atoms with E-state index in [2.05, 4.69) is 15.5 Å². The van der Waals surface area contributed by atoms with E-state index >= 15 is 0 Å². The van der Waals surface area contributed by atoms with Crippen molar-refractivity contribution in [2.75, 3.05) is 13.2 Å². The van der Waals surface area contributed by atoms with Gasteiger partial charge in [-0.3, -0.25) is 14.9 Å². The Hall–Kier alpha value is -3.79. The van der Waals surface area contributed by atoms with Gasteiger partial charge in [0.15, 0.2) is 0 Å². The van der Waals surface area contributed by atoms with E-state index < -0.39 is 10.8 Å². The van der Waals surface area contributed by atoms with Gasteiger partial charge in [0.2, 0.25) is 5.75 Å². The molecular weight excluding hydrogens is 432 g/mol. The maximum absolute atomic E-state index is 12.6. The van der Waals surface area contributed by atoms with Crippen LogP contribution in [0.15, 0.2) is 47.6 Å². The minimum Gasteiger partial charge on any atom is -0.493 e. The summed E-state index contributed by atoms with van der Waals surface area (Å²) in [5.74, 6) is -0.0139. The highest BCUT2D eigenvalue weighted by Crippen LogP contribution is 2.34. The molecule has 0 aliphatic carbocycles. The number of hydrazone groups is 1. The van der Waals surface area contributed by atoms with Gasteiger partial charge >= 0.3 is 5.69 Å². The molecule has 0 saturated carbocycles. The van der Waals surface area contributed by atoms with E-state index in [0.717, 1.165) is 15.4 Å². The molecular formula is C22H22N4O5S. The minimum atomic E-state index is -0.541. The summed E-state index contributed by atoms with van der Waals surface area (Å²) >= 11 is 1.41. The molecule has 0 unspecified atom stereocenters. The quantitative estimate of drug-likeness (QED) is 0.287. The van der Waals surface area contributed by atoms with E-state index in [4.69, 9.17) is 9.47 Å². The summed E-state index contributed by atoms with van der Waals surface area (Å²) in [6, 6.07) is 12.3. The molecule has 10 heteroatoms. The first kappa shape index (κ1) is 22.9. The zero-order valence-corrected chi connectivity index (χ0v) is 18.6. The van der Waals surface area contributed by atoms with E-state index in [1.807, 2.05) is 37.3 Å². The zero-order chi connectivity index (χ0) is 23.1. The lowest BCUT2D eigenvalue weighted by atomic mass is 10.1. The standard InChI is InChI=1S/C22H22N4O5S/c1-4-30-18-12-19(31-5-2)17(26(28)29)11-16(18)13-23-25-21(27)20-14(3)32-22(24-20)15-9-7-6-8-10-15/h6-13H,4-5H2,1-3H3,(H,25,27)/b23-13-. The SMILES string of the molecule is CCOc1cc(OCC)c([N+](=O)[O-])cc1/C=N\NC(=O)c1nc(-c2ccccc2)sc1C. The second-order valence-electron chi connectivity index (χ2n) is 6.47. The number of thiazole rings is 1. The minimum absolute atomic E-state index is 0.105. The number of carbonyl (C=O) groups excluding carboxylic acids is 1. The van der Waals surface area contributed by atoms with Crippen molar-refractivity contribution in [2.45, 2.75) is 20.8 Å². The summed E-state index contributed by atoms with van der Waals surface area (Å²) in [6.45, 7) is 5.95. The molecule has 1 aromatic heterocycles. The highest BCUT2D eigenvalue weighted by atomic mass is 32.1. The van der Waals surface area contributed by atoms with Gasteiger partial charge in [-0.1, -0.05) is 30.3 Å². The first-order valence-corrected chi connectivity index (χ1v) is 10.7. The Bertz CT molecular complexity index is 1140. The van der Waals surface area contributed by atoms with Gasteiger partial charge in [0.05, 0.1) is 24.4 Å². The van der Waals surface area contributed by atoms with Crippen molar-refractivity contribution >= 4 is 29.1 Å². The van der Waals surface area contributed by atoms with Crippen LogP contribution >= 0.6 is 11.3 Å². The first-order chi connectivity index (χ1) is 15.4. The van der Waals surface area contributed by atoms with Crippen LogP contribution in [0.1, 0.15) is 34.8 Å². The first-order valence-electron chi connectivity index (χ1n) is 9.88. The van der Waals surface area contributed by atoms with E-state index in [1.54, 1.807) is 13.8 Å². The van der Waals surface area contributed by atoms with E-state index in [0.29, 0.717) is 17.9 Å². The van der Waals surface area contributed by atoms with Crippen molar-refractivity contribution < 1.29 is 19.2 Å². The van der Waals surface area contributed by atoms with Gasteiger partial charge in [-0.15, -0.1) is 11.3 Å². The lowest BCUT2D eigenvalue weighted by molar-refractivity contribution is -0.385. The molecule has 0 radical (unpaired) electrons. The van der Waals surface area contributed by atoms with Crippen LogP contribution in [-0.2, 0) is 0 Å². The summed E-state index contributed by atoms with van der Waals surface area (Å²) < 4.78 is 10.9. The Morgan fingerprint density at radius 3 is 2.53 bits per heavy atom. The fraction of sp³-hybridized carbons (Fsp3) is 0.227. The maximum Gasteiger partial charge on any atom is 0.311 e. The Kier molecular flexibility index (Phi) is 7.50. The van der Waals surface area contributed by atoms with E-state index in [-0.39, 0.29) is 23.7 Å². The van der Waals surface area contributed by atoms with Crippen LogP contribution < -0.4 is 14.9 Å². The lowest BCUT2D eigenvalue weighted by Gasteiger charge is -2.10. The number of nitrogens with zero attached hydrogens (tertiary/aromatic N) is 3. The molecule has 0 spiro atoms. The number of rotatable bonds is 9. The zero-order valence-electron chi connectivity index (χ0n) is 17.8. The van der Waals surface area contributed by atoms with Crippen molar-refractivity contribution in [2.24, 2.45) is 5.10 Å². The molecule has 3 aromatic rings. The normalized spacial score (nSPS) is 10.8. The summed E-state index contributed by atoms with van der Waals surface area (Å²) in [4.78, 5) is 28.6. The molecule has 166 valence electrons. The van der Waals surface area contributed by atoms with Crippen LogP contribution in [0.3, 0.4) is 0 Å². The summed E-state index contributed by atoms with van der Waals surface area (Å²) in [6.07, 6.45) is 1.30. The number of amides is 1. The number of nitro groups is 1. The summed E-state index contributed by atoms with van der Waals surface area (Å²) in [7, 11) is 0. The molecule has 0 fully saturated rings. The molecule has 0 aliphatic heterocycles. The number of hydrogen-bond donors (Lipinski definition) is 1. The van der Waals surface area contributed by atoms with E-state index in [1.165, 1.54) is 29.7 Å². The number of aryl methyl sites for hydroxylation is 1. The van der Waals surface area contributed by atoms with Crippen molar-refractivity contribution in [3.63, 3.8) is 0 Å². The highest BCUT2D eigenvalue weighted by molar-refractivity contribution is 7.15. The maximum atomic E-state index is 12.6. The van der Waals surface area contributed by atoms with Crippen molar-refractivity contribution in [1.82, 2.24) is 10.4 Å². The second-order valence-corrected chi connectivity index (χ2v) is 7.67. The summed E-state index contributed by atoms with van der Waals surface area (Å²) in [5.41, 5.74) is 3.74. The molecule has 1 amide bonds. The number of carbonyl (C=O) groups is 1. The fourth-order valence-electron chi connectivity index (χ4n) is 2.89. The molecule has 2 aromatic carbocycles. The van der Waals surface area contributed by atoms with Gasteiger partial charge in [0.1, 0.15) is 16.5 Å². The topological polar surface area (TPSA) is 116 Å². The molecule has 0 atom stereocenters. The van der Waals surface area contributed by atoms with Crippen LogP contribution in [0, 0.1) is 17.0 Å². The third-order valence-corrected chi connectivity index (χ3v) is 5.31. The Morgan fingerprint density at radius 1 is 1.19 bits per heavy atom. The average Bonchev–Trinajstić information content (AvgIpc) is 3.17. The average molecular weight is 455 g/mol. The summed E-state index contributed by atoms with van der Waals surface area (Å²) in [5, 5.41) is 16.1. The monoisotopic (exact) mass is 454 g/mol. The number of nitrogens with one attached hydrogen (secondary N) is 1. The van der Waals surface area contributed by atoms with Crippen molar-refractivity contribution in [3.05, 3.63) is 68.7 Å². The second kappa shape index (κ2) is 10.5. The van der Waals surface area contributed by atoms with Gasteiger partial charge in [-0.05, 0) is 20.8 Å². The highest BCUT2D eigenvalue weighted by Gasteiger charge is 2.20. The predicted octanol–water partition coefficient (Wildman–Crippen LogP) is 4.59. The Balaban J connectivity index is 1.82. The van der Waals surface area contributed by atoms with E-state index in [9.17, 15) is 14.9 Å². The van der Waals surface area contributed by atoms with Crippen LogP contribution in [0.4, 0.5) is 5.69 Å². The number of hydrogen-bond acceptors (Lipinski definition) is 8. The number of ether oxygens (including phenoxy) is 2. The molecule has 3 rings (SSSR count). The van der Waals surface area contributed by atoms with Crippen molar-refractivity contribution in [1.29, 1.82) is 0 Å². The van der Waals surface area contributed by atoms with Crippen LogP contribution in [0.2, 0.25) is 0 Å². The fourth-order valence-corrected chi connectivity index (χ4v) is 3.80. The van der Waals surface area contributed by atoms with Gasteiger partial charge in [0, 0.05) is 28.1 Å². The molecule has 0 saturated heterocycles. The Morgan fingerprint density at radius 2 is 1.88 bits per heavy atom. The smallest absolute Gasteiger partial charge is 0.311 e. The van der Waals surface area contributed by atoms with Gasteiger partial charge < -0.3 is 9.47 Å². The molecule has 32 heavy (non-hydrogen) atoms. The number of nitro benzene ring substituents is 1. The molecule has 1 N–H and O–H groups in total. The number of aromatic nitrogens is 1. The predicted molar refractivity (Wildman–Crippen MR) is 123 cm³/mol. The Labute approximate surface area is 188 Å². The molecule has 1 heterocycles. The number of benzene rings is 2. The van der Waals surface area contributed by atoms with Gasteiger partial charge in [0.25, 0.3) is 5.91 Å². The van der Waals surface area contributed by atoms with Crippen molar-refractivity contribution in [3.8, 4) is 22.1 Å². The third kappa shape index (κ3) is 5.27. The van der Waals surface area contributed by atoms with Crippen LogP contribution in [0.25, 0.3) is 10.6 Å². The lowest BCUT2D eigenvalue weighted by Crippen LogP contribution is -2.19. The molecule has 0 aliphatic rings. The van der Waals surface area contributed by atoms with Crippen LogP contribution in [-0.4, -0.2) is 35.2 Å². The third-order valence-electron chi connectivity index (χ3n) is 4.29. The van der Waals surface area contributed by atoms with Crippen LogP contribution in [0.5, 0.6) is 11.5 Å². The largest absolute Gasteiger partial charge is 0.493 e.